The van der Waals surface area contributed by atoms with Crippen LogP contribution in [0.5, 0.6) is 0 Å². The zero-order chi connectivity index (χ0) is 17.9. The molecule has 4 rings (SSSR count). The molecule has 1 amide bonds. The van der Waals surface area contributed by atoms with Crippen LogP contribution in [0.2, 0.25) is 0 Å². The van der Waals surface area contributed by atoms with Gasteiger partial charge in [0.15, 0.2) is 0 Å². The third kappa shape index (κ3) is 3.78. The lowest BCUT2D eigenvalue weighted by atomic mass is 9.98. The second-order valence-electron chi connectivity index (χ2n) is 7.07. The molecule has 2 aliphatic heterocycles. The molecule has 0 bridgehead atoms. The van der Waals surface area contributed by atoms with Crippen molar-refractivity contribution in [3.63, 3.8) is 0 Å². The number of hydrogen-bond acceptors (Lipinski definition) is 6. The summed E-state index contributed by atoms with van der Waals surface area (Å²) in [5.74, 6) is -0.0564. The van der Waals surface area contributed by atoms with E-state index in [1.807, 2.05) is 13.0 Å². The van der Waals surface area contributed by atoms with Crippen LogP contribution in [0.15, 0.2) is 35.4 Å². The molecule has 2 saturated heterocycles. The van der Waals surface area contributed by atoms with Crippen molar-refractivity contribution in [3.8, 4) is 0 Å². The Hall–Kier alpha value is -2.25. The minimum absolute atomic E-state index is 0.0564. The number of fused-ring (bicyclic) bond motifs is 1. The number of nitrogens with one attached hydrogen (secondary N) is 1. The van der Waals surface area contributed by atoms with Crippen LogP contribution >= 0.6 is 0 Å². The molecule has 7 heteroatoms. The van der Waals surface area contributed by atoms with Crippen molar-refractivity contribution in [3.05, 3.63) is 47.9 Å². The van der Waals surface area contributed by atoms with E-state index in [9.17, 15) is 4.79 Å². The summed E-state index contributed by atoms with van der Waals surface area (Å²) in [6.07, 6.45) is 9.35. The van der Waals surface area contributed by atoms with Gasteiger partial charge in [-0.2, -0.15) is 0 Å². The molecule has 0 radical (unpaired) electrons. The van der Waals surface area contributed by atoms with Gasteiger partial charge in [-0.25, -0.2) is 0 Å². The smallest absolute Gasteiger partial charge is 0.249 e. The number of carbonyl (C=O) groups is 1. The van der Waals surface area contributed by atoms with E-state index in [0.29, 0.717) is 12.6 Å². The van der Waals surface area contributed by atoms with Crippen LogP contribution in [-0.4, -0.2) is 45.6 Å². The average molecular weight is 356 g/mol. The molecule has 2 fully saturated rings. The number of hydrogen-bond donors (Lipinski definition) is 1. The monoisotopic (exact) mass is 356 g/mol. The van der Waals surface area contributed by atoms with Crippen molar-refractivity contribution in [1.29, 1.82) is 0 Å². The largest absolute Gasteiger partial charge is 0.472 e. The van der Waals surface area contributed by atoms with Gasteiger partial charge in [0, 0.05) is 30.9 Å². The molecule has 0 unspecified atom stereocenters. The van der Waals surface area contributed by atoms with Crippen molar-refractivity contribution in [2.45, 2.75) is 57.5 Å². The zero-order valence-electron chi connectivity index (χ0n) is 14.9. The quantitative estimate of drug-likeness (QED) is 0.880. The SMILES string of the molecule is Cc1cnc(CNC(=O)[C@@H]2CC[C@@H]3[C@@H](CCN3Cc3ccoc3)O2)cn1. The highest BCUT2D eigenvalue weighted by atomic mass is 16.5. The van der Waals surface area contributed by atoms with E-state index in [-0.39, 0.29) is 18.1 Å². The van der Waals surface area contributed by atoms with E-state index in [1.54, 1.807) is 24.9 Å². The summed E-state index contributed by atoms with van der Waals surface area (Å²) in [6, 6.07) is 2.39. The van der Waals surface area contributed by atoms with Gasteiger partial charge in [-0.05, 0) is 32.3 Å². The Morgan fingerprint density at radius 2 is 2.23 bits per heavy atom. The predicted molar refractivity (Wildman–Crippen MR) is 94.0 cm³/mol. The molecule has 2 aromatic rings. The number of aryl methyl sites for hydroxylation is 1. The molecule has 0 aromatic carbocycles. The van der Waals surface area contributed by atoms with Gasteiger partial charge in [0.05, 0.1) is 42.8 Å². The number of ether oxygens (including phenoxy) is 1. The maximum atomic E-state index is 12.5. The topological polar surface area (TPSA) is 80.5 Å². The minimum atomic E-state index is -0.372. The molecule has 0 saturated carbocycles. The summed E-state index contributed by atoms with van der Waals surface area (Å²) >= 11 is 0. The van der Waals surface area contributed by atoms with Crippen molar-refractivity contribution in [2.24, 2.45) is 0 Å². The predicted octanol–water partition coefficient (Wildman–Crippen LogP) is 1.82. The van der Waals surface area contributed by atoms with Gasteiger partial charge in [0.25, 0.3) is 0 Å². The van der Waals surface area contributed by atoms with Gasteiger partial charge >= 0.3 is 0 Å². The molecule has 3 atom stereocenters. The maximum absolute atomic E-state index is 12.5. The van der Waals surface area contributed by atoms with Crippen LogP contribution in [0, 0.1) is 6.92 Å². The minimum Gasteiger partial charge on any atom is -0.472 e. The summed E-state index contributed by atoms with van der Waals surface area (Å²) in [5.41, 5.74) is 2.80. The first kappa shape index (κ1) is 17.2. The molecule has 4 heterocycles. The van der Waals surface area contributed by atoms with E-state index < -0.39 is 0 Å². The highest BCUT2D eigenvalue weighted by molar-refractivity contribution is 5.80. The van der Waals surface area contributed by atoms with E-state index >= 15 is 0 Å². The molecule has 1 N–H and O–H groups in total. The standard InChI is InChI=1S/C19H24N4O3/c1-13-8-21-15(9-20-13)10-22-19(24)18-3-2-16-17(26-18)4-6-23(16)11-14-5-7-25-12-14/h5,7-9,12,16-18H,2-4,6,10-11H2,1H3,(H,22,24)/t16-,17-,18+/m1/s1. The average Bonchev–Trinajstić information content (AvgIpc) is 3.31. The highest BCUT2D eigenvalue weighted by Crippen LogP contribution is 2.32. The van der Waals surface area contributed by atoms with Gasteiger partial charge in [0.2, 0.25) is 5.91 Å². The molecule has 0 aliphatic carbocycles. The molecule has 7 nitrogen and oxygen atoms in total. The summed E-state index contributed by atoms with van der Waals surface area (Å²) in [6.45, 7) is 4.14. The van der Waals surface area contributed by atoms with E-state index in [4.69, 9.17) is 9.15 Å². The fourth-order valence-electron chi connectivity index (χ4n) is 3.82. The first-order chi connectivity index (χ1) is 12.7. The normalized spacial score (nSPS) is 25.8. The number of likely N-dealkylation sites (tertiary alicyclic amines) is 1. The Bertz CT molecular complexity index is 732. The summed E-state index contributed by atoms with van der Waals surface area (Å²) < 4.78 is 11.3. The lowest BCUT2D eigenvalue weighted by Crippen LogP contribution is -2.47. The summed E-state index contributed by atoms with van der Waals surface area (Å²) in [7, 11) is 0. The van der Waals surface area contributed by atoms with Crippen LogP contribution in [0.3, 0.4) is 0 Å². The van der Waals surface area contributed by atoms with Crippen molar-refractivity contribution < 1.29 is 13.9 Å². The van der Waals surface area contributed by atoms with Gasteiger partial charge in [-0.1, -0.05) is 0 Å². The zero-order valence-corrected chi connectivity index (χ0v) is 14.9. The van der Waals surface area contributed by atoms with E-state index in [1.165, 1.54) is 5.56 Å². The van der Waals surface area contributed by atoms with E-state index in [0.717, 1.165) is 43.7 Å². The molecular formula is C19H24N4O3. The fourth-order valence-corrected chi connectivity index (χ4v) is 3.82. The number of aromatic nitrogens is 2. The van der Waals surface area contributed by atoms with Crippen LogP contribution in [0.1, 0.15) is 36.2 Å². The molecule has 0 spiro atoms. The first-order valence-electron chi connectivity index (χ1n) is 9.15. The summed E-state index contributed by atoms with van der Waals surface area (Å²) in [4.78, 5) is 23.3. The molecule has 138 valence electrons. The Kier molecular flexibility index (Phi) is 4.99. The van der Waals surface area contributed by atoms with Gasteiger partial charge in [-0.15, -0.1) is 0 Å². The second kappa shape index (κ2) is 7.55. The van der Waals surface area contributed by atoms with Crippen LogP contribution in [-0.2, 0) is 22.6 Å². The number of carbonyl (C=O) groups excluding carboxylic acids is 1. The highest BCUT2D eigenvalue weighted by Gasteiger charge is 2.41. The van der Waals surface area contributed by atoms with Crippen molar-refractivity contribution in [1.82, 2.24) is 20.2 Å². The van der Waals surface area contributed by atoms with Gasteiger partial charge in [-0.3, -0.25) is 19.7 Å². The van der Waals surface area contributed by atoms with Crippen LogP contribution in [0.4, 0.5) is 0 Å². The fraction of sp³-hybridized carbons (Fsp3) is 0.526. The third-order valence-electron chi connectivity index (χ3n) is 5.20. The Labute approximate surface area is 152 Å². The Morgan fingerprint density at radius 3 is 3.00 bits per heavy atom. The molecular weight excluding hydrogens is 332 g/mol. The van der Waals surface area contributed by atoms with Gasteiger partial charge in [0.1, 0.15) is 6.10 Å². The number of nitrogens with zero attached hydrogens (tertiary/aromatic N) is 3. The molecule has 26 heavy (non-hydrogen) atoms. The van der Waals surface area contributed by atoms with E-state index in [2.05, 4.69) is 20.2 Å². The maximum Gasteiger partial charge on any atom is 0.249 e. The third-order valence-corrected chi connectivity index (χ3v) is 5.20. The Balaban J connectivity index is 1.28. The van der Waals surface area contributed by atoms with Gasteiger partial charge < -0.3 is 14.5 Å². The number of amides is 1. The second-order valence-corrected chi connectivity index (χ2v) is 7.07. The van der Waals surface area contributed by atoms with Crippen molar-refractivity contribution in [2.75, 3.05) is 6.54 Å². The van der Waals surface area contributed by atoms with Crippen LogP contribution in [0.25, 0.3) is 0 Å². The molecule has 2 aliphatic rings. The molecule has 2 aromatic heterocycles. The van der Waals surface area contributed by atoms with Crippen LogP contribution < -0.4 is 5.32 Å². The Morgan fingerprint density at radius 1 is 1.31 bits per heavy atom. The summed E-state index contributed by atoms with van der Waals surface area (Å²) in [5, 5.41) is 2.92. The number of rotatable bonds is 5. The van der Waals surface area contributed by atoms with Crippen molar-refractivity contribution >= 4 is 5.91 Å². The lowest BCUT2D eigenvalue weighted by Gasteiger charge is -2.35. The first-order valence-corrected chi connectivity index (χ1v) is 9.15. The number of furan rings is 1. The lowest BCUT2D eigenvalue weighted by molar-refractivity contribution is -0.144.